The maximum atomic E-state index is 13.3. The van der Waals surface area contributed by atoms with E-state index in [4.69, 9.17) is 14.2 Å². The van der Waals surface area contributed by atoms with Crippen molar-refractivity contribution in [2.24, 2.45) is 17.3 Å². The SMILES string of the molecule is CCCCCC(C)(C=C[C@H]1C[C@H](C(=O)O)C(=O)C1(CC=CCCCC(=O)OCC)C(=O)O)OC1CCCCO1. The van der Waals surface area contributed by atoms with E-state index in [2.05, 4.69) is 6.92 Å². The molecular weight excluding hydrogens is 504 g/mol. The fourth-order valence-corrected chi connectivity index (χ4v) is 5.43. The molecule has 2 aliphatic rings. The average molecular weight is 551 g/mol. The van der Waals surface area contributed by atoms with E-state index >= 15 is 0 Å². The third-order valence-corrected chi connectivity index (χ3v) is 7.72. The number of hydrogen-bond donors (Lipinski definition) is 2. The number of hydrogen-bond acceptors (Lipinski definition) is 7. The molecule has 1 aliphatic carbocycles. The van der Waals surface area contributed by atoms with Gasteiger partial charge in [-0.3, -0.25) is 19.2 Å². The fourth-order valence-electron chi connectivity index (χ4n) is 5.43. The Labute approximate surface area is 232 Å². The van der Waals surface area contributed by atoms with E-state index in [0.29, 0.717) is 32.5 Å². The second kappa shape index (κ2) is 15.9. The van der Waals surface area contributed by atoms with Gasteiger partial charge in [-0.05, 0) is 65.2 Å². The summed E-state index contributed by atoms with van der Waals surface area (Å²) in [6.07, 6.45) is 14.0. The van der Waals surface area contributed by atoms with Crippen LogP contribution in [0.4, 0.5) is 0 Å². The number of carbonyl (C=O) groups is 4. The molecule has 0 aromatic rings. The van der Waals surface area contributed by atoms with E-state index in [1.54, 1.807) is 25.2 Å². The molecule has 220 valence electrons. The maximum absolute atomic E-state index is 13.3. The lowest BCUT2D eigenvalue weighted by atomic mass is 9.73. The van der Waals surface area contributed by atoms with Gasteiger partial charge in [0.15, 0.2) is 12.1 Å². The lowest BCUT2D eigenvalue weighted by Gasteiger charge is -2.34. The first-order valence-corrected chi connectivity index (χ1v) is 14.4. The van der Waals surface area contributed by atoms with Gasteiger partial charge in [-0.2, -0.15) is 0 Å². The summed E-state index contributed by atoms with van der Waals surface area (Å²) in [6.45, 7) is 6.73. The molecule has 0 spiro atoms. The Kier molecular flexibility index (Phi) is 13.3. The zero-order valence-electron chi connectivity index (χ0n) is 23.7. The topological polar surface area (TPSA) is 136 Å². The standard InChI is InChI=1S/C30H46O9/c1-4-6-11-17-29(3,39-25-15-10-13-20-38-25)19-16-22-21-23(27(33)34)26(32)30(22,28(35)36)18-12-8-7-9-14-24(31)37-5-2/h8,12,16,19,22-23,25H,4-7,9-11,13-15,17-18,20-21H2,1-3H3,(H,33,34)(H,35,36)/t22-,23-,25?,29?,30?/m0/s1. The predicted molar refractivity (Wildman–Crippen MR) is 145 cm³/mol. The molecule has 0 amide bonds. The van der Waals surface area contributed by atoms with Crippen molar-refractivity contribution in [3.05, 3.63) is 24.3 Å². The van der Waals surface area contributed by atoms with E-state index in [9.17, 15) is 29.4 Å². The van der Waals surface area contributed by atoms with Gasteiger partial charge >= 0.3 is 17.9 Å². The van der Waals surface area contributed by atoms with Gasteiger partial charge in [-0.15, -0.1) is 0 Å². The Hall–Kier alpha value is -2.52. The smallest absolute Gasteiger partial charge is 0.318 e. The van der Waals surface area contributed by atoms with Crippen molar-refractivity contribution in [2.75, 3.05) is 13.2 Å². The number of Topliss-reactive ketones (excluding diaryl/α,β-unsaturated/α-hetero) is 1. The zero-order chi connectivity index (χ0) is 28.9. The summed E-state index contributed by atoms with van der Waals surface area (Å²) >= 11 is 0. The summed E-state index contributed by atoms with van der Waals surface area (Å²) < 4.78 is 17.1. The van der Waals surface area contributed by atoms with Crippen molar-refractivity contribution < 1.29 is 43.6 Å². The Morgan fingerprint density at radius 1 is 1.13 bits per heavy atom. The van der Waals surface area contributed by atoms with Gasteiger partial charge in [-0.25, -0.2) is 0 Å². The van der Waals surface area contributed by atoms with Crippen molar-refractivity contribution in [3.8, 4) is 0 Å². The number of esters is 1. The zero-order valence-corrected chi connectivity index (χ0v) is 23.7. The van der Waals surface area contributed by atoms with Crippen molar-refractivity contribution in [1.29, 1.82) is 0 Å². The summed E-state index contributed by atoms with van der Waals surface area (Å²) in [6, 6.07) is 0. The minimum absolute atomic E-state index is 0.0847. The molecule has 2 N–H and O–H groups in total. The van der Waals surface area contributed by atoms with E-state index in [1.165, 1.54) is 0 Å². The van der Waals surface area contributed by atoms with Crippen LogP contribution in [-0.2, 0) is 33.4 Å². The first-order chi connectivity index (χ1) is 18.6. The number of aliphatic carboxylic acids is 2. The number of allylic oxidation sites excluding steroid dienone is 3. The minimum Gasteiger partial charge on any atom is -0.481 e. The second-order valence-corrected chi connectivity index (χ2v) is 10.8. The molecule has 3 unspecified atom stereocenters. The van der Waals surface area contributed by atoms with Gasteiger partial charge in [0, 0.05) is 18.9 Å². The van der Waals surface area contributed by atoms with Crippen LogP contribution in [0.3, 0.4) is 0 Å². The summed E-state index contributed by atoms with van der Waals surface area (Å²) in [4.78, 5) is 49.4. The van der Waals surface area contributed by atoms with Crippen molar-refractivity contribution >= 4 is 23.7 Å². The normalized spacial score (nSPS) is 27.2. The highest BCUT2D eigenvalue weighted by atomic mass is 16.7. The highest BCUT2D eigenvalue weighted by Crippen LogP contribution is 2.48. The molecule has 0 aromatic heterocycles. The summed E-state index contributed by atoms with van der Waals surface area (Å²) in [5, 5.41) is 20.0. The molecule has 9 nitrogen and oxygen atoms in total. The molecule has 0 radical (unpaired) electrons. The monoisotopic (exact) mass is 550 g/mol. The van der Waals surface area contributed by atoms with Gasteiger partial charge in [0.05, 0.1) is 12.2 Å². The highest BCUT2D eigenvalue weighted by molar-refractivity contribution is 6.13. The van der Waals surface area contributed by atoms with Gasteiger partial charge in [0.2, 0.25) is 0 Å². The predicted octanol–water partition coefficient (Wildman–Crippen LogP) is 5.47. The summed E-state index contributed by atoms with van der Waals surface area (Å²) in [5.41, 5.74) is -2.63. The molecule has 1 saturated heterocycles. The van der Waals surface area contributed by atoms with Crippen LogP contribution in [0.5, 0.6) is 0 Å². The molecule has 1 aliphatic heterocycles. The lowest BCUT2D eigenvalue weighted by molar-refractivity contribution is -0.208. The Bertz CT molecular complexity index is 889. The van der Waals surface area contributed by atoms with Crippen LogP contribution in [-0.4, -0.2) is 59.0 Å². The van der Waals surface area contributed by atoms with Crippen LogP contribution >= 0.6 is 0 Å². The van der Waals surface area contributed by atoms with Crippen LogP contribution in [0.1, 0.15) is 97.8 Å². The third-order valence-electron chi connectivity index (χ3n) is 7.72. The Morgan fingerprint density at radius 2 is 1.90 bits per heavy atom. The minimum atomic E-state index is -1.89. The highest BCUT2D eigenvalue weighted by Gasteiger charge is 2.60. The average Bonchev–Trinajstić information content (AvgIpc) is 3.18. The molecule has 0 aromatic carbocycles. The van der Waals surface area contributed by atoms with Gasteiger partial charge in [-0.1, -0.05) is 50.5 Å². The first-order valence-electron chi connectivity index (χ1n) is 14.4. The Morgan fingerprint density at radius 3 is 2.51 bits per heavy atom. The molecule has 1 heterocycles. The quantitative estimate of drug-likeness (QED) is 0.105. The summed E-state index contributed by atoms with van der Waals surface area (Å²) in [7, 11) is 0. The van der Waals surface area contributed by atoms with Gasteiger partial charge in [0.25, 0.3) is 0 Å². The number of carboxylic acids is 2. The number of carbonyl (C=O) groups excluding carboxylic acids is 2. The largest absolute Gasteiger partial charge is 0.481 e. The molecular formula is C30H46O9. The fraction of sp³-hybridized carbons (Fsp3) is 0.733. The van der Waals surface area contributed by atoms with E-state index < -0.39 is 40.6 Å². The van der Waals surface area contributed by atoms with Crippen LogP contribution in [0, 0.1) is 17.3 Å². The second-order valence-electron chi connectivity index (χ2n) is 10.8. The maximum Gasteiger partial charge on any atom is 0.318 e. The van der Waals surface area contributed by atoms with Crippen LogP contribution in [0.25, 0.3) is 0 Å². The molecule has 2 fully saturated rings. The molecule has 2 rings (SSSR count). The number of carboxylic acid groups (broad SMARTS) is 2. The van der Waals surface area contributed by atoms with Crippen LogP contribution in [0.2, 0.25) is 0 Å². The third kappa shape index (κ3) is 9.28. The molecule has 0 bridgehead atoms. The number of rotatable bonds is 17. The van der Waals surface area contributed by atoms with Crippen LogP contribution < -0.4 is 0 Å². The molecule has 1 saturated carbocycles. The number of ketones is 1. The van der Waals surface area contributed by atoms with E-state index in [-0.39, 0.29) is 31.5 Å². The van der Waals surface area contributed by atoms with Crippen molar-refractivity contribution in [1.82, 2.24) is 0 Å². The number of ether oxygens (including phenoxy) is 3. The van der Waals surface area contributed by atoms with Gasteiger partial charge in [0.1, 0.15) is 11.3 Å². The van der Waals surface area contributed by atoms with E-state index in [1.807, 2.05) is 13.0 Å². The first kappa shape index (κ1) is 32.7. The lowest BCUT2D eigenvalue weighted by Crippen LogP contribution is -2.42. The molecule has 5 atom stereocenters. The number of unbranched alkanes of at least 4 members (excludes halogenated alkanes) is 3. The van der Waals surface area contributed by atoms with Gasteiger partial charge < -0.3 is 24.4 Å². The molecule has 39 heavy (non-hydrogen) atoms. The summed E-state index contributed by atoms with van der Waals surface area (Å²) in [5.74, 6) is -5.91. The van der Waals surface area contributed by atoms with E-state index in [0.717, 1.165) is 38.5 Å². The van der Waals surface area contributed by atoms with Crippen molar-refractivity contribution in [2.45, 2.75) is 110 Å². The molecule has 9 heteroatoms. The van der Waals surface area contributed by atoms with Crippen LogP contribution in [0.15, 0.2) is 24.3 Å². The Balaban J connectivity index is 2.26. The van der Waals surface area contributed by atoms with Crippen molar-refractivity contribution in [3.63, 3.8) is 0 Å².